The molecule has 0 aliphatic carbocycles. The zero-order valence-corrected chi connectivity index (χ0v) is 17.5. The summed E-state index contributed by atoms with van der Waals surface area (Å²) < 4.78 is 23.2. The van der Waals surface area contributed by atoms with Crippen molar-refractivity contribution in [1.29, 1.82) is 0 Å². The van der Waals surface area contributed by atoms with Crippen LogP contribution in [-0.2, 0) is 18.0 Å². The van der Waals surface area contributed by atoms with Gasteiger partial charge >= 0.3 is 8.80 Å². The van der Waals surface area contributed by atoms with Crippen molar-refractivity contribution >= 4 is 8.80 Å². The van der Waals surface area contributed by atoms with Crippen LogP contribution in [0.2, 0.25) is 6.04 Å². The molecule has 0 bridgehead atoms. The Morgan fingerprint density at radius 1 is 0.833 bits per heavy atom. The van der Waals surface area contributed by atoms with Crippen LogP contribution in [0.1, 0.15) is 90.4 Å². The van der Waals surface area contributed by atoms with E-state index in [9.17, 15) is 0 Å². The van der Waals surface area contributed by atoms with Gasteiger partial charge in [-0.05, 0) is 12.8 Å². The normalized spacial score (nSPS) is 23.5. The molecule has 1 fully saturated rings. The highest BCUT2D eigenvalue weighted by atomic mass is 28.4. The second kappa shape index (κ2) is 12.4. The fraction of sp³-hybridized carbons (Fsp3) is 1.00. The Bertz CT molecular complexity index is 310. The van der Waals surface area contributed by atoms with Gasteiger partial charge in [0.25, 0.3) is 0 Å². The van der Waals surface area contributed by atoms with Crippen LogP contribution in [0.3, 0.4) is 0 Å². The molecule has 1 unspecified atom stereocenters. The molecule has 1 saturated heterocycles. The van der Waals surface area contributed by atoms with Gasteiger partial charge in [-0.1, -0.05) is 64.7 Å². The topological polar surface area (TPSA) is 36.9 Å². The molecule has 24 heavy (non-hydrogen) atoms. The van der Waals surface area contributed by atoms with Gasteiger partial charge in [-0.15, -0.1) is 0 Å². The molecule has 0 aromatic heterocycles. The van der Waals surface area contributed by atoms with Crippen LogP contribution in [0, 0.1) is 0 Å². The number of ether oxygens (including phenoxy) is 1. The summed E-state index contributed by atoms with van der Waals surface area (Å²) in [5, 5.41) is 0. The van der Waals surface area contributed by atoms with Crippen LogP contribution in [0.25, 0.3) is 0 Å². The van der Waals surface area contributed by atoms with Crippen LogP contribution >= 0.6 is 0 Å². The van der Waals surface area contributed by atoms with Gasteiger partial charge in [0.1, 0.15) is 0 Å². The Morgan fingerprint density at radius 2 is 1.38 bits per heavy atom. The van der Waals surface area contributed by atoms with E-state index in [1.165, 1.54) is 57.8 Å². The van der Waals surface area contributed by atoms with Gasteiger partial charge in [-0.3, -0.25) is 0 Å². The molecule has 0 aromatic rings. The lowest BCUT2D eigenvalue weighted by Crippen LogP contribution is -2.56. The van der Waals surface area contributed by atoms with Crippen LogP contribution in [0.4, 0.5) is 0 Å². The van der Waals surface area contributed by atoms with Crippen molar-refractivity contribution in [3.8, 4) is 0 Å². The maximum Gasteiger partial charge on any atom is 0.502 e. The number of rotatable bonds is 14. The van der Waals surface area contributed by atoms with Crippen LogP contribution in [0.5, 0.6) is 0 Å². The first kappa shape index (κ1) is 22.1. The summed E-state index contributed by atoms with van der Waals surface area (Å²) in [6.07, 6.45) is 16.4. The zero-order valence-electron chi connectivity index (χ0n) is 16.5. The Kier molecular flexibility index (Phi) is 11.4. The van der Waals surface area contributed by atoms with Crippen molar-refractivity contribution < 1.29 is 18.0 Å². The van der Waals surface area contributed by atoms with E-state index in [1.807, 2.05) is 0 Å². The predicted molar refractivity (Wildman–Crippen MR) is 101 cm³/mol. The van der Waals surface area contributed by atoms with Gasteiger partial charge in [-0.25, -0.2) is 0 Å². The second-order valence-electron chi connectivity index (χ2n) is 7.09. The van der Waals surface area contributed by atoms with Gasteiger partial charge in [0, 0.05) is 40.2 Å². The maximum absolute atomic E-state index is 6.26. The first-order chi connectivity index (χ1) is 11.7. The molecule has 1 aliphatic rings. The lowest BCUT2D eigenvalue weighted by Gasteiger charge is -2.43. The molecule has 0 N–H and O–H groups in total. The number of hydrogen-bond donors (Lipinski definition) is 0. The molecule has 1 heterocycles. The minimum atomic E-state index is -2.51. The quantitative estimate of drug-likeness (QED) is 0.295. The van der Waals surface area contributed by atoms with E-state index in [-0.39, 0.29) is 0 Å². The van der Waals surface area contributed by atoms with E-state index < -0.39 is 14.6 Å². The third kappa shape index (κ3) is 7.52. The number of hydrogen-bond acceptors (Lipinski definition) is 4. The molecular weight excluding hydrogens is 320 g/mol. The third-order valence-corrected chi connectivity index (χ3v) is 8.18. The van der Waals surface area contributed by atoms with Gasteiger partial charge < -0.3 is 18.0 Å². The summed E-state index contributed by atoms with van der Waals surface area (Å²) in [6, 6.07) is 0.892. The molecule has 1 atom stereocenters. The summed E-state index contributed by atoms with van der Waals surface area (Å²) >= 11 is 0. The van der Waals surface area contributed by atoms with E-state index in [0.29, 0.717) is 0 Å². The van der Waals surface area contributed by atoms with E-state index >= 15 is 0 Å². The lowest BCUT2D eigenvalue weighted by atomic mass is 10.0. The van der Waals surface area contributed by atoms with Crippen molar-refractivity contribution in [3.05, 3.63) is 0 Å². The van der Waals surface area contributed by atoms with Crippen molar-refractivity contribution in [2.24, 2.45) is 0 Å². The van der Waals surface area contributed by atoms with E-state index in [4.69, 9.17) is 18.0 Å². The van der Waals surface area contributed by atoms with Crippen LogP contribution in [-0.4, -0.2) is 35.9 Å². The first-order valence-electron chi connectivity index (χ1n) is 10.0. The smallest absolute Gasteiger partial charge is 0.377 e. The summed E-state index contributed by atoms with van der Waals surface area (Å²) in [7, 11) is 2.64. The summed E-state index contributed by atoms with van der Waals surface area (Å²) in [5.74, 6) is -0.489. The second-order valence-corrected chi connectivity index (χ2v) is 9.98. The maximum atomic E-state index is 6.26. The lowest BCUT2D eigenvalue weighted by molar-refractivity contribution is -0.211. The Morgan fingerprint density at radius 3 is 1.88 bits per heavy atom. The molecule has 0 amide bonds. The van der Waals surface area contributed by atoms with Crippen molar-refractivity contribution in [3.63, 3.8) is 0 Å². The van der Waals surface area contributed by atoms with Gasteiger partial charge in [0.15, 0.2) is 5.79 Å². The zero-order chi connectivity index (χ0) is 17.7. The molecule has 0 spiro atoms. The third-order valence-electron chi connectivity index (χ3n) is 5.29. The van der Waals surface area contributed by atoms with Gasteiger partial charge in [-0.2, -0.15) is 0 Å². The van der Waals surface area contributed by atoms with Gasteiger partial charge in [0.05, 0.1) is 0 Å². The Hall–Kier alpha value is 0.0569. The van der Waals surface area contributed by atoms with E-state index in [0.717, 1.165) is 31.7 Å². The van der Waals surface area contributed by atoms with Crippen molar-refractivity contribution in [2.75, 3.05) is 21.3 Å². The molecule has 1 rings (SSSR count). The monoisotopic (exact) mass is 360 g/mol. The van der Waals surface area contributed by atoms with E-state index in [1.54, 1.807) is 21.3 Å². The average molecular weight is 361 g/mol. The van der Waals surface area contributed by atoms with Gasteiger partial charge in [0.2, 0.25) is 0 Å². The summed E-state index contributed by atoms with van der Waals surface area (Å²) in [6.45, 7) is 2.27. The minimum absolute atomic E-state index is 0.489. The highest BCUT2D eigenvalue weighted by Crippen LogP contribution is 2.38. The largest absolute Gasteiger partial charge is 0.502 e. The highest BCUT2D eigenvalue weighted by Gasteiger charge is 2.51. The molecule has 144 valence electrons. The molecule has 4 nitrogen and oxygen atoms in total. The standard InChI is InChI=1S/C19H40O4Si/c1-5-6-7-8-9-10-11-12-13-14-16-19(20-2)17-15-18-24(21-3,22-4)23-19/h5-18H2,1-4H3. The summed E-state index contributed by atoms with van der Waals surface area (Å²) in [5.41, 5.74) is 0. The highest BCUT2D eigenvalue weighted by molar-refractivity contribution is 6.60. The summed E-state index contributed by atoms with van der Waals surface area (Å²) in [4.78, 5) is 0. The molecular formula is C19H40O4Si. The fourth-order valence-corrected chi connectivity index (χ4v) is 5.94. The molecule has 0 radical (unpaired) electrons. The first-order valence-corrected chi connectivity index (χ1v) is 11.9. The molecule has 0 saturated carbocycles. The minimum Gasteiger partial charge on any atom is -0.377 e. The molecule has 1 aliphatic heterocycles. The average Bonchev–Trinajstić information content (AvgIpc) is 2.63. The number of methoxy groups -OCH3 is 1. The Balaban J connectivity index is 2.17. The molecule has 0 aromatic carbocycles. The van der Waals surface area contributed by atoms with Crippen LogP contribution in [0.15, 0.2) is 0 Å². The Labute approximate surface area is 151 Å². The van der Waals surface area contributed by atoms with E-state index in [2.05, 4.69) is 6.92 Å². The van der Waals surface area contributed by atoms with Crippen LogP contribution < -0.4 is 0 Å². The van der Waals surface area contributed by atoms with Crippen molar-refractivity contribution in [2.45, 2.75) is 102 Å². The fourth-order valence-electron chi connectivity index (χ4n) is 3.63. The van der Waals surface area contributed by atoms with Crippen molar-refractivity contribution in [1.82, 2.24) is 0 Å². The number of unbranched alkanes of at least 4 members (excludes halogenated alkanes) is 9. The SMILES string of the molecule is CCCCCCCCCCCCC1(OC)CCC[Si](OC)(OC)O1. The molecule has 5 heteroatoms. The predicted octanol–water partition coefficient (Wildman–Crippen LogP) is 5.68.